The van der Waals surface area contributed by atoms with Gasteiger partial charge in [-0.15, -0.1) is 0 Å². The third kappa shape index (κ3) is 6.99. The van der Waals surface area contributed by atoms with Crippen LogP contribution < -0.4 is 5.32 Å². The average Bonchev–Trinajstić information content (AvgIpc) is 3.02. The molecule has 6 N–H and O–H groups in total. The summed E-state index contributed by atoms with van der Waals surface area (Å²) in [6.07, 6.45) is -6.46. The highest BCUT2D eigenvalue weighted by Crippen LogP contribution is 2.61. The van der Waals surface area contributed by atoms with Crippen molar-refractivity contribution in [2.24, 2.45) is 0 Å². The minimum absolute atomic E-state index is 0.0489. The Kier molecular flexibility index (Phi) is 9.17. The van der Waals surface area contributed by atoms with E-state index in [1.54, 1.807) is 25.9 Å². The van der Waals surface area contributed by atoms with Gasteiger partial charge in [0.25, 0.3) is 5.91 Å². The van der Waals surface area contributed by atoms with Crippen molar-refractivity contribution in [3.63, 3.8) is 0 Å². The predicted octanol–water partition coefficient (Wildman–Crippen LogP) is -1.47. The first kappa shape index (κ1) is 29.3. The predicted molar refractivity (Wildman–Crippen MR) is 119 cm³/mol. The van der Waals surface area contributed by atoms with Gasteiger partial charge in [-0.05, 0) is 27.4 Å². The van der Waals surface area contributed by atoms with E-state index in [1.807, 2.05) is 0 Å². The molecule has 0 aromatic heterocycles. The number of phosphoric acid groups is 2. The fourth-order valence-corrected chi connectivity index (χ4v) is 6.08. The second-order valence-corrected chi connectivity index (χ2v) is 11.7. The molecule has 36 heavy (non-hydrogen) atoms. The second-order valence-electron chi connectivity index (χ2n) is 8.70. The van der Waals surface area contributed by atoms with E-state index in [2.05, 4.69) is 20.7 Å². The molecule has 3 aliphatic rings. The fourth-order valence-electron chi connectivity index (χ4n) is 3.92. The van der Waals surface area contributed by atoms with Gasteiger partial charge in [0.05, 0.1) is 12.7 Å². The highest BCUT2D eigenvalue weighted by molar-refractivity contribution is 7.61. The summed E-state index contributed by atoms with van der Waals surface area (Å²) in [5.41, 5.74) is 0. The Morgan fingerprint density at radius 2 is 1.83 bits per heavy atom. The maximum Gasteiger partial charge on any atom is 0.483 e. The molecular formula is C18H31N3O13P2. The first-order valence-corrected chi connectivity index (χ1v) is 13.8. The minimum atomic E-state index is -5.30. The number of rotatable bonds is 9. The molecule has 206 valence electrons. The maximum absolute atomic E-state index is 12.4. The van der Waals surface area contributed by atoms with Gasteiger partial charge in [-0.3, -0.25) is 13.8 Å². The van der Waals surface area contributed by atoms with Crippen LogP contribution in [0.15, 0.2) is 24.7 Å². The topological polar surface area (TPSA) is 217 Å². The molecule has 18 heteroatoms. The summed E-state index contributed by atoms with van der Waals surface area (Å²) in [5.74, 6) is -0.413. The Morgan fingerprint density at radius 3 is 2.44 bits per heavy atom. The van der Waals surface area contributed by atoms with Crippen LogP contribution in [0.5, 0.6) is 0 Å². The van der Waals surface area contributed by atoms with Gasteiger partial charge in [0.15, 0.2) is 12.5 Å². The van der Waals surface area contributed by atoms with Crippen molar-refractivity contribution in [3.8, 4) is 0 Å². The molecule has 0 radical (unpaired) electrons. The van der Waals surface area contributed by atoms with Gasteiger partial charge in [0.2, 0.25) is 0 Å². The number of carbonyl (C=O) groups excluding carboxylic acids is 1. The van der Waals surface area contributed by atoms with Crippen LogP contribution in [0.4, 0.5) is 0 Å². The van der Waals surface area contributed by atoms with Gasteiger partial charge < -0.3 is 49.7 Å². The summed E-state index contributed by atoms with van der Waals surface area (Å²) in [6, 6.07) is -0.490. The molecular weight excluding hydrogens is 528 g/mol. The number of amides is 1. The summed E-state index contributed by atoms with van der Waals surface area (Å²) >= 11 is 0. The quantitative estimate of drug-likeness (QED) is 0.178. The number of ether oxygens (including phenoxy) is 2. The molecule has 2 saturated heterocycles. The monoisotopic (exact) mass is 559 g/mol. The maximum atomic E-state index is 12.4. The number of nitrogens with one attached hydrogen (secondary N) is 1. The summed E-state index contributed by atoms with van der Waals surface area (Å²) in [5, 5.41) is 33.3. The van der Waals surface area contributed by atoms with Crippen molar-refractivity contribution < 1.29 is 61.9 Å². The molecule has 5 unspecified atom stereocenters. The van der Waals surface area contributed by atoms with Crippen molar-refractivity contribution in [2.45, 2.75) is 62.4 Å². The highest BCUT2D eigenvalue weighted by atomic mass is 31.3. The minimum Gasteiger partial charge on any atom is -0.387 e. The van der Waals surface area contributed by atoms with Crippen molar-refractivity contribution >= 4 is 21.6 Å². The molecule has 0 aromatic carbocycles. The number of nitrogens with zero attached hydrogens (tertiary/aromatic N) is 2. The van der Waals surface area contributed by atoms with E-state index in [9.17, 15) is 39.0 Å². The third-order valence-electron chi connectivity index (χ3n) is 5.70. The average molecular weight is 559 g/mol. The Labute approximate surface area is 206 Å². The van der Waals surface area contributed by atoms with Crippen LogP contribution in [0.1, 0.15) is 13.3 Å². The van der Waals surface area contributed by atoms with Gasteiger partial charge in [-0.25, -0.2) is 9.13 Å². The van der Waals surface area contributed by atoms with E-state index in [4.69, 9.17) is 14.0 Å². The van der Waals surface area contributed by atoms with Crippen LogP contribution >= 0.6 is 15.6 Å². The van der Waals surface area contributed by atoms with Gasteiger partial charge >= 0.3 is 15.6 Å². The Hall–Kier alpha value is -1.23. The van der Waals surface area contributed by atoms with E-state index in [0.717, 1.165) is 6.08 Å². The van der Waals surface area contributed by atoms with E-state index in [0.29, 0.717) is 6.42 Å². The molecule has 0 bridgehead atoms. The molecule has 1 amide bonds. The Balaban J connectivity index is 1.58. The number of hydrogen-bond acceptors (Lipinski definition) is 13. The molecule has 10 atom stereocenters. The van der Waals surface area contributed by atoms with Crippen LogP contribution in [-0.4, -0.2) is 111 Å². The molecule has 3 aliphatic heterocycles. The molecule has 3 rings (SSSR count). The van der Waals surface area contributed by atoms with E-state index >= 15 is 0 Å². The smallest absolute Gasteiger partial charge is 0.387 e. The molecule has 16 nitrogen and oxygen atoms in total. The molecule has 3 heterocycles. The SMILES string of the molecule is C=C1NC(=O)C=CN1[C@@H]1O[C@H](COP(=O)(O)OP(=O)(O)O[C@H]2OC(C)C[C@H](N(C)C)C2O)C(O)[C@@H]1O. The lowest BCUT2D eigenvalue weighted by atomic mass is 9.99. The first-order valence-electron chi connectivity index (χ1n) is 10.8. The Morgan fingerprint density at radius 1 is 1.17 bits per heavy atom. The first-order chi connectivity index (χ1) is 16.6. The van der Waals surface area contributed by atoms with E-state index in [1.165, 1.54) is 11.1 Å². The number of phosphoric ester groups is 2. The lowest BCUT2D eigenvalue weighted by Crippen LogP contribution is -2.53. The van der Waals surface area contributed by atoms with Crippen LogP contribution in [0.2, 0.25) is 0 Å². The number of likely N-dealkylation sites (N-methyl/N-ethyl adjacent to an activating group) is 1. The fraction of sp³-hybridized carbons (Fsp3) is 0.722. The lowest BCUT2D eigenvalue weighted by Gasteiger charge is -2.40. The Bertz CT molecular complexity index is 965. The standard InChI is InChI=1S/C18H31N3O13P2/c1-9-7-11(20(3)4)14(23)18(31-9)33-36(28,29)34-35(26,27)30-8-12-15(24)16(25)17(32-12)21-6-5-13(22)19-10(21)2/h5-6,9,11-12,14-18,23-25H,2,7-8H2,1,3-4H3,(H,19,22)(H,26,27)(H,28,29)/t9?,11-,12+,14?,15?,16-,17+,18+/m0/s1. The van der Waals surface area contributed by atoms with Crippen LogP contribution in [0.3, 0.4) is 0 Å². The van der Waals surface area contributed by atoms with Crippen LogP contribution in [-0.2, 0) is 36.8 Å². The number of aliphatic hydroxyl groups excluding tert-OH is 3. The zero-order chi connectivity index (χ0) is 27.0. The third-order valence-corrected chi connectivity index (χ3v) is 8.30. The number of aliphatic hydroxyl groups is 3. The molecule has 0 spiro atoms. The van der Waals surface area contributed by atoms with Crippen molar-refractivity contribution in [1.82, 2.24) is 15.1 Å². The van der Waals surface area contributed by atoms with Gasteiger partial charge in [-0.1, -0.05) is 6.58 Å². The zero-order valence-electron chi connectivity index (χ0n) is 19.7. The lowest BCUT2D eigenvalue weighted by molar-refractivity contribution is -0.222. The normalized spacial score (nSPS) is 38.6. The molecule has 0 aromatic rings. The zero-order valence-corrected chi connectivity index (χ0v) is 21.5. The van der Waals surface area contributed by atoms with Crippen LogP contribution in [0.25, 0.3) is 0 Å². The molecule has 2 fully saturated rings. The number of hydrogen-bond donors (Lipinski definition) is 6. The van der Waals surface area contributed by atoms with Crippen LogP contribution in [0, 0.1) is 0 Å². The van der Waals surface area contributed by atoms with Crippen molar-refractivity contribution in [3.05, 3.63) is 24.7 Å². The van der Waals surface area contributed by atoms with Gasteiger partial charge in [0.1, 0.15) is 30.2 Å². The molecule has 0 saturated carbocycles. The van der Waals surface area contributed by atoms with Gasteiger partial charge in [0, 0.05) is 18.3 Å². The van der Waals surface area contributed by atoms with E-state index in [-0.39, 0.29) is 5.82 Å². The summed E-state index contributed by atoms with van der Waals surface area (Å²) in [7, 11) is -7.22. The highest BCUT2D eigenvalue weighted by Gasteiger charge is 2.48. The largest absolute Gasteiger partial charge is 0.483 e. The van der Waals surface area contributed by atoms with Crippen molar-refractivity contribution in [2.75, 3.05) is 20.7 Å². The van der Waals surface area contributed by atoms with Gasteiger partial charge in [-0.2, -0.15) is 4.31 Å². The van der Waals surface area contributed by atoms with Crippen molar-refractivity contribution in [1.29, 1.82) is 0 Å². The molecule has 0 aliphatic carbocycles. The van der Waals surface area contributed by atoms with E-state index < -0.39 is 77.2 Å². The summed E-state index contributed by atoms with van der Waals surface area (Å²) in [4.78, 5) is 34.2. The summed E-state index contributed by atoms with van der Waals surface area (Å²) in [6.45, 7) is 4.41. The second kappa shape index (κ2) is 11.3. The number of carbonyl (C=O) groups is 1. The summed E-state index contributed by atoms with van der Waals surface area (Å²) < 4.78 is 49.3.